The molecule has 0 aliphatic carbocycles. The first-order chi connectivity index (χ1) is 5.74. The quantitative estimate of drug-likeness (QED) is 0.586. The van der Waals surface area contributed by atoms with E-state index < -0.39 is 0 Å². The first kappa shape index (κ1) is 9.68. The molecule has 64 valence electrons. The molecule has 0 amide bonds. The summed E-state index contributed by atoms with van der Waals surface area (Å²) >= 11 is 4.76. The van der Waals surface area contributed by atoms with Crippen LogP contribution in [0.5, 0.6) is 0 Å². The van der Waals surface area contributed by atoms with Crippen LogP contribution >= 0.6 is 27.3 Å². The maximum atomic E-state index is 11.3. The van der Waals surface area contributed by atoms with Crippen molar-refractivity contribution < 1.29 is 4.79 Å². The molecule has 0 N–H and O–H groups in total. The number of thiophene rings is 1. The highest BCUT2D eigenvalue weighted by Gasteiger charge is 2.03. The van der Waals surface area contributed by atoms with Crippen LogP contribution in [0.4, 0.5) is 0 Å². The Labute approximate surface area is 84.2 Å². The standard InChI is InChI=1S/C9H9BrOS/c1-2-3-4-8(11)9-5-7(10)6-12-9/h3-6H,2H2,1H3/b4-3+. The lowest BCUT2D eigenvalue weighted by Gasteiger charge is -1.85. The summed E-state index contributed by atoms with van der Waals surface area (Å²) in [4.78, 5) is 12.1. The zero-order valence-electron chi connectivity index (χ0n) is 6.71. The summed E-state index contributed by atoms with van der Waals surface area (Å²) in [6, 6.07) is 1.84. The molecule has 0 saturated carbocycles. The topological polar surface area (TPSA) is 17.1 Å². The van der Waals surface area contributed by atoms with Crippen molar-refractivity contribution in [3.05, 3.63) is 32.9 Å². The number of rotatable bonds is 3. The number of carbonyl (C=O) groups is 1. The van der Waals surface area contributed by atoms with Crippen molar-refractivity contribution >= 4 is 33.0 Å². The third-order valence-corrected chi connectivity index (χ3v) is 3.02. The van der Waals surface area contributed by atoms with E-state index in [1.165, 1.54) is 11.3 Å². The smallest absolute Gasteiger partial charge is 0.195 e. The van der Waals surface area contributed by atoms with E-state index in [0.29, 0.717) is 0 Å². The lowest BCUT2D eigenvalue weighted by Crippen LogP contribution is -1.88. The van der Waals surface area contributed by atoms with E-state index in [1.807, 2.05) is 24.4 Å². The molecule has 1 aromatic rings. The lowest BCUT2D eigenvalue weighted by atomic mass is 10.3. The average Bonchev–Trinajstić information content (AvgIpc) is 2.47. The van der Waals surface area contributed by atoms with Gasteiger partial charge in [-0.05, 0) is 34.5 Å². The molecule has 1 heterocycles. The molecule has 12 heavy (non-hydrogen) atoms. The molecule has 0 unspecified atom stereocenters. The van der Waals surface area contributed by atoms with Gasteiger partial charge in [-0.2, -0.15) is 0 Å². The van der Waals surface area contributed by atoms with Gasteiger partial charge in [-0.25, -0.2) is 0 Å². The van der Waals surface area contributed by atoms with Crippen molar-refractivity contribution in [1.82, 2.24) is 0 Å². The predicted molar refractivity (Wildman–Crippen MR) is 55.8 cm³/mol. The summed E-state index contributed by atoms with van der Waals surface area (Å²) < 4.78 is 0.973. The Morgan fingerprint density at radius 3 is 3.00 bits per heavy atom. The van der Waals surface area contributed by atoms with Gasteiger partial charge in [0, 0.05) is 9.85 Å². The first-order valence-corrected chi connectivity index (χ1v) is 5.36. The van der Waals surface area contributed by atoms with Gasteiger partial charge in [0.15, 0.2) is 5.78 Å². The molecule has 3 heteroatoms. The highest BCUT2D eigenvalue weighted by atomic mass is 79.9. The molecule has 0 aromatic carbocycles. The van der Waals surface area contributed by atoms with Crippen molar-refractivity contribution in [3.8, 4) is 0 Å². The highest BCUT2D eigenvalue weighted by molar-refractivity contribution is 9.10. The fourth-order valence-electron chi connectivity index (χ4n) is 0.749. The van der Waals surface area contributed by atoms with Gasteiger partial charge in [-0.15, -0.1) is 11.3 Å². The number of hydrogen-bond acceptors (Lipinski definition) is 2. The number of allylic oxidation sites excluding steroid dienone is 2. The number of halogens is 1. The minimum Gasteiger partial charge on any atom is -0.288 e. The maximum absolute atomic E-state index is 11.3. The van der Waals surface area contributed by atoms with E-state index in [9.17, 15) is 4.79 Å². The monoisotopic (exact) mass is 244 g/mol. The van der Waals surface area contributed by atoms with E-state index in [2.05, 4.69) is 15.9 Å². The van der Waals surface area contributed by atoms with Gasteiger partial charge < -0.3 is 0 Å². The molecule has 0 saturated heterocycles. The van der Waals surface area contributed by atoms with Crippen molar-refractivity contribution in [1.29, 1.82) is 0 Å². The van der Waals surface area contributed by atoms with Gasteiger partial charge in [0.05, 0.1) is 4.88 Å². The Kier molecular flexibility index (Phi) is 3.69. The fraction of sp³-hybridized carbons (Fsp3) is 0.222. The Hall–Kier alpha value is -0.410. The van der Waals surface area contributed by atoms with Gasteiger partial charge in [0.2, 0.25) is 0 Å². The van der Waals surface area contributed by atoms with Crippen LogP contribution in [0.3, 0.4) is 0 Å². The van der Waals surface area contributed by atoms with Gasteiger partial charge in [-0.1, -0.05) is 13.0 Å². The van der Waals surface area contributed by atoms with Crippen molar-refractivity contribution in [2.75, 3.05) is 0 Å². The first-order valence-electron chi connectivity index (χ1n) is 3.69. The zero-order valence-corrected chi connectivity index (χ0v) is 9.11. The second-order valence-corrected chi connectivity index (χ2v) is 4.13. The average molecular weight is 245 g/mol. The largest absolute Gasteiger partial charge is 0.288 e. The highest BCUT2D eigenvalue weighted by Crippen LogP contribution is 2.20. The van der Waals surface area contributed by atoms with Gasteiger partial charge in [0.25, 0.3) is 0 Å². The van der Waals surface area contributed by atoms with Gasteiger partial charge in [-0.3, -0.25) is 4.79 Å². The van der Waals surface area contributed by atoms with Gasteiger partial charge >= 0.3 is 0 Å². The molecule has 0 atom stereocenters. The van der Waals surface area contributed by atoms with Crippen LogP contribution < -0.4 is 0 Å². The van der Waals surface area contributed by atoms with E-state index >= 15 is 0 Å². The van der Waals surface area contributed by atoms with Gasteiger partial charge in [0.1, 0.15) is 0 Å². The van der Waals surface area contributed by atoms with E-state index in [1.54, 1.807) is 6.08 Å². The van der Waals surface area contributed by atoms with Crippen molar-refractivity contribution in [2.45, 2.75) is 13.3 Å². The molecular weight excluding hydrogens is 236 g/mol. The number of carbonyl (C=O) groups excluding carboxylic acids is 1. The number of ketones is 1. The zero-order chi connectivity index (χ0) is 8.97. The normalized spacial score (nSPS) is 10.8. The summed E-state index contributed by atoms with van der Waals surface area (Å²) in [5.74, 6) is 0.0903. The van der Waals surface area contributed by atoms with E-state index in [0.717, 1.165) is 15.8 Å². The Bertz CT molecular complexity index is 301. The van der Waals surface area contributed by atoms with Crippen LogP contribution in [0, 0.1) is 0 Å². The van der Waals surface area contributed by atoms with Crippen LogP contribution in [-0.4, -0.2) is 5.78 Å². The minimum atomic E-state index is 0.0903. The second-order valence-electron chi connectivity index (χ2n) is 2.30. The summed E-state index contributed by atoms with van der Waals surface area (Å²) in [6.07, 6.45) is 4.40. The fourth-order valence-corrected chi connectivity index (χ4v) is 2.10. The van der Waals surface area contributed by atoms with Crippen LogP contribution in [0.2, 0.25) is 0 Å². The summed E-state index contributed by atoms with van der Waals surface area (Å²) in [6.45, 7) is 2.01. The van der Waals surface area contributed by atoms with Crippen LogP contribution in [0.25, 0.3) is 0 Å². The van der Waals surface area contributed by atoms with Crippen LogP contribution in [0.1, 0.15) is 23.0 Å². The lowest BCUT2D eigenvalue weighted by molar-refractivity contribution is 0.105. The molecule has 0 aliphatic rings. The maximum Gasteiger partial charge on any atom is 0.195 e. The molecule has 1 aromatic heterocycles. The minimum absolute atomic E-state index is 0.0903. The summed E-state index contributed by atoms with van der Waals surface area (Å²) in [5.41, 5.74) is 0. The summed E-state index contributed by atoms with van der Waals surface area (Å²) in [5, 5.41) is 1.91. The molecule has 0 bridgehead atoms. The Morgan fingerprint density at radius 1 is 1.75 bits per heavy atom. The Balaban J connectivity index is 2.72. The van der Waals surface area contributed by atoms with Crippen LogP contribution in [0.15, 0.2) is 28.1 Å². The Morgan fingerprint density at radius 2 is 2.50 bits per heavy atom. The molecular formula is C9H9BrOS. The van der Waals surface area contributed by atoms with E-state index in [-0.39, 0.29) is 5.78 Å². The molecule has 1 rings (SSSR count). The molecule has 0 radical (unpaired) electrons. The van der Waals surface area contributed by atoms with Crippen molar-refractivity contribution in [3.63, 3.8) is 0 Å². The molecule has 0 aliphatic heterocycles. The van der Waals surface area contributed by atoms with Crippen molar-refractivity contribution in [2.24, 2.45) is 0 Å². The van der Waals surface area contributed by atoms with E-state index in [4.69, 9.17) is 0 Å². The second kappa shape index (κ2) is 4.58. The number of hydrogen-bond donors (Lipinski definition) is 0. The molecule has 1 nitrogen and oxygen atoms in total. The molecule has 0 spiro atoms. The third-order valence-electron chi connectivity index (χ3n) is 1.32. The third kappa shape index (κ3) is 2.57. The SMILES string of the molecule is CC/C=C/C(=O)c1cc(Br)cs1. The summed E-state index contributed by atoms with van der Waals surface area (Å²) in [7, 11) is 0. The van der Waals surface area contributed by atoms with Crippen LogP contribution in [-0.2, 0) is 0 Å². The predicted octanol–water partition coefficient (Wildman–Crippen LogP) is 3.66. The molecule has 0 fully saturated rings.